The molecule has 10 nitrogen and oxygen atoms in total. The molecule has 1 saturated heterocycles. The lowest BCUT2D eigenvalue weighted by Gasteiger charge is -2.44. The Labute approximate surface area is 257 Å². The summed E-state index contributed by atoms with van der Waals surface area (Å²) in [6.07, 6.45) is -6.18. The molecule has 1 aliphatic rings. The second-order valence-electron chi connectivity index (χ2n) is 10.2. The second-order valence-corrected chi connectivity index (χ2v) is 11.3. The Morgan fingerprint density at radius 3 is 2.00 bits per heavy atom. The van der Waals surface area contributed by atoms with E-state index >= 15 is 0 Å². The van der Waals surface area contributed by atoms with Crippen LogP contribution in [0.2, 0.25) is 0 Å². The minimum absolute atomic E-state index is 0.284. The second kappa shape index (κ2) is 13.9. The average molecular weight is 627 g/mol. The van der Waals surface area contributed by atoms with Gasteiger partial charge in [-0.15, -0.1) is 11.3 Å². The summed E-state index contributed by atoms with van der Waals surface area (Å²) in [7, 11) is 0. The third-order valence-corrected chi connectivity index (χ3v) is 7.92. The molecule has 0 bridgehead atoms. The highest BCUT2D eigenvalue weighted by Gasteiger charge is 2.52. The lowest BCUT2D eigenvalue weighted by Crippen LogP contribution is -2.59. The van der Waals surface area contributed by atoms with E-state index in [0.29, 0.717) is 21.6 Å². The quantitative estimate of drug-likeness (QED) is 0.184. The summed E-state index contributed by atoms with van der Waals surface area (Å²) < 4.78 is 41.3. The average Bonchev–Trinajstić information content (AvgIpc) is 3.44. The third-order valence-electron chi connectivity index (χ3n) is 6.78. The van der Waals surface area contributed by atoms with Crippen LogP contribution in [-0.4, -0.2) is 60.7 Å². The predicted octanol–water partition coefficient (Wildman–Crippen LogP) is 4.89. The lowest BCUT2D eigenvalue weighted by atomic mass is 9.88. The van der Waals surface area contributed by atoms with Crippen LogP contribution in [0.15, 0.2) is 54.6 Å². The van der Waals surface area contributed by atoms with Crippen LogP contribution in [0, 0.1) is 12.7 Å². The van der Waals surface area contributed by atoms with Gasteiger partial charge in [-0.25, -0.2) is 4.39 Å². The largest absolute Gasteiger partial charge is 0.463 e. The fourth-order valence-corrected chi connectivity index (χ4v) is 5.89. The third kappa shape index (κ3) is 7.74. The number of carbonyl (C=O) groups is 5. The summed E-state index contributed by atoms with van der Waals surface area (Å²) in [6.45, 7) is 6.03. The zero-order chi connectivity index (χ0) is 32.1. The fourth-order valence-electron chi connectivity index (χ4n) is 4.92. The van der Waals surface area contributed by atoms with Gasteiger partial charge in [-0.3, -0.25) is 24.0 Å². The summed E-state index contributed by atoms with van der Waals surface area (Å²) in [5, 5.41) is 0. The van der Waals surface area contributed by atoms with E-state index in [-0.39, 0.29) is 18.2 Å². The molecule has 12 heteroatoms. The van der Waals surface area contributed by atoms with Gasteiger partial charge in [0.05, 0.1) is 4.88 Å². The Hall–Kier alpha value is -4.42. The maximum atomic E-state index is 13.7. The van der Waals surface area contributed by atoms with Crippen LogP contribution < -0.4 is 0 Å². The van der Waals surface area contributed by atoms with Crippen LogP contribution >= 0.6 is 11.3 Å². The van der Waals surface area contributed by atoms with Crippen molar-refractivity contribution in [3.63, 3.8) is 0 Å². The van der Waals surface area contributed by atoms with E-state index in [1.807, 2.05) is 0 Å². The van der Waals surface area contributed by atoms with E-state index in [1.165, 1.54) is 30.4 Å². The number of hydrogen-bond donors (Lipinski definition) is 0. The monoisotopic (exact) mass is 626 g/mol. The molecule has 1 aromatic heterocycles. The number of halogens is 1. The zero-order valence-corrected chi connectivity index (χ0v) is 25.5. The summed E-state index contributed by atoms with van der Waals surface area (Å²) in [4.78, 5) is 63.0. The summed E-state index contributed by atoms with van der Waals surface area (Å²) in [5.41, 5.74) is 2.15. The molecule has 232 valence electrons. The molecule has 0 N–H and O–H groups in total. The molecule has 0 radical (unpaired) electrons. The number of rotatable bonds is 9. The van der Waals surface area contributed by atoms with Gasteiger partial charge >= 0.3 is 23.9 Å². The lowest BCUT2D eigenvalue weighted by molar-refractivity contribution is -0.254. The van der Waals surface area contributed by atoms with Crippen LogP contribution in [-0.2, 0) is 42.9 Å². The highest BCUT2D eigenvalue weighted by Crippen LogP contribution is 2.39. The van der Waals surface area contributed by atoms with Crippen molar-refractivity contribution >= 4 is 41.0 Å². The number of ketones is 1. The first-order valence-electron chi connectivity index (χ1n) is 13.7. The summed E-state index contributed by atoms with van der Waals surface area (Å²) >= 11 is 1.25. The highest BCUT2D eigenvalue weighted by atomic mass is 32.1. The summed E-state index contributed by atoms with van der Waals surface area (Å²) in [6, 6.07) is 14.4. The summed E-state index contributed by atoms with van der Waals surface area (Å²) in [5.74, 6) is -3.48. The molecule has 2 aromatic carbocycles. The Bertz CT molecular complexity index is 1560. The van der Waals surface area contributed by atoms with Gasteiger partial charge in [0.25, 0.3) is 0 Å². The predicted molar refractivity (Wildman–Crippen MR) is 155 cm³/mol. The molecule has 1 fully saturated rings. The van der Waals surface area contributed by atoms with Crippen molar-refractivity contribution < 1.29 is 52.0 Å². The number of carbonyl (C=O) groups excluding carboxylic acids is 5. The van der Waals surface area contributed by atoms with Gasteiger partial charge in [0, 0.05) is 38.1 Å². The van der Waals surface area contributed by atoms with Gasteiger partial charge in [0.2, 0.25) is 5.78 Å². The van der Waals surface area contributed by atoms with E-state index in [4.69, 9.17) is 23.7 Å². The minimum atomic E-state index is -1.34. The molecule has 44 heavy (non-hydrogen) atoms. The Morgan fingerprint density at radius 2 is 1.39 bits per heavy atom. The Morgan fingerprint density at radius 1 is 0.773 bits per heavy atom. The topological polar surface area (TPSA) is 132 Å². The smallest absolute Gasteiger partial charge is 0.303 e. The van der Waals surface area contributed by atoms with Gasteiger partial charge in [0.15, 0.2) is 18.3 Å². The first-order valence-corrected chi connectivity index (χ1v) is 14.5. The molecule has 5 atom stereocenters. The molecule has 0 saturated carbocycles. The first-order chi connectivity index (χ1) is 20.8. The van der Waals surface area contributed by atoms with Crippen molar-refractivity contribution in [2.45, 2.75) is 65.1 Å². The number of thiophene rings is 1. The fraction of sp³-hybridized carbons (Fsp3) is 0.344. The van der Waals surface area contributed by atoms with Crippen molar-refractivity contribution in [3.05, 3.63) is 82.0 Å². The molecule has 2 heterocycles. The molecule has 1 aliphatic heterocycles. The minimum Gasteiger partial charge on any atom is -0.463 e. The first kappa shape index (κ1) is 32.5. The van der Waals surface area contributed by atoms with Crippen molar-refractivity contribution in [1.29, 1.82) is 0 Å². The van der Waals surface area contributed by atoms with Crippen LogP contribution in [0.5, 0.6) is 0 Å². The molecule has 3 aromatic rings. The number of ether oxygens (including phenoxy) is 5. The van der Waals surface area contributed by atoms with Crippen molar-refractivity contribution in [2.24, 2.45) is 0 Å². The number of aryl methyl sites for hydroxylation is 1. The van der Waals surface area contributed by atoms with Crippen LogP contribution in [0.4, 0.5) is 4.39 Å². The van der Waals surface area contributed by atoms with E-state index < -0.39 is 54.4 Å². The van der Waals surface area contributed by atoms with E-state index in [9.17, 15) is 28.4 Å². The van der Waals surface area contributed by atoms with E-state index in [2.05, 4.69) is 0 Å². The van der Waals surface area contributed by atoms with Crippen LogP contribution in [0.25, 0.3) is 10.4 Å². The van der Waals surface area contributed by atoms with E-state index in [1.54, 1.807) is 49.4 Å². The molecular weight excluding hydrogens is 595 g/mol. The highest BCUT2D eigenvalue weighted by molar-refractivity contribution is 7.17. The van der Waals surface area contributed by atoms with Crippen LogP contribution in [0.3, 0.4) is 0 Å². The van der Waals surface area contributed by atoms with Gasteiger partial charge in [0.1, 0.15) is 24.6 Å². The van der Waals surface area contributed by atoms with Gasteiger partial charge in [-0.05, 0) is 53.9 Å². The number of benzene rings is 2. The van der Waals surface area contributed by atoms with E-state index in [0.717, 1.165) is 31.2 Å². The zero-order valence-electron chi connectivity index (χ0n) is 24.7. The standard InChI is InChI=1S/C32H31FO10S/c1-16-6-7-22(14-24(16)28(38)27-13-12-26(44-27)21-8-10-23(33)11-9-21)29-31(41-19(4)36)32(42-20(5)37)30(40-18(3)35)25(43-29)15-39-17(2)34/h6-14,25,29-32H,15H2,1-5H3/t25-,29+,30-,31+,32+/m1/s1. The van der Waals surface area contributed by atoms with Gasteiger partial charge in [-0.1, -0.05) is 24.3 Å². The SMILES string of the molecule is CC(=O)OC[C@H]1O[C@@H](c2ccc(C)c(C(=O)c3ccc(-c4ccc(F)cc4)s3)c2)[C@H](OC(C)=O)[C@@H](OC(C)=O)[C@@H]1OC(C)=O. The van der Waals surface area contributed by atoms with Gasteiger partial charge in [-0.2, -0.15) is 0 Å². The normalized spacial score (nSPS) is 21.2. The molecule has 0 aliphatic carbocycles. The molecular formula is C32H31FO10S. The van der Waals surface area contributed by atoms with Crippen molar-refractivity contribution in [1.82, 2.24) is 0 Å². The number of hydrogen-bond acceptors (Lipinski definition) is 11. The maximum absolute atomic E-state index is 13.7. The number of esters is 4. The van der Waals surface area contributed by atoms with Gasteiger partial charge < -0.3 is 23.7 Å². The molecule has 0 amide bonds. The van der Waals surface area contributed by atoms with Crippen molar-refractivity contribution in [2.75, 3.05) is 6.61 Å². The molecule has 0 unspecified atom stereocenters. The Balaban J connectivity index is 1.75. The molecule has 4 rings (SSSR count). The Kier molecular flexibility index (Phi) is 10.3. The van der Waals surface area contributed by atoms with Crippen LogP contribution in [0.1, 0.15) is 60.2 Å². The maximum Gasteiger partial charge on any atom is 0.303 e. The van der Waals surface area contributed by atoms with Crippen molar-refractivity contribution in [3.8, 4) is 10.4 Å². The molecule has 0 spiro atoms.